The van der Waals surface area contributed by atoms with E-state index in [1.54, 1.807) is 0 Å². The van der Waals surface area contributed by atoms with Crippen molar-refractivity contribution in [3.8, 4) is 11.6 Å². The molecule has 0 amide bonds. The van der Waals surface area contributed by atoms with Gasteiger partial charge in [0.05, 0.1) is 7.11 Å². The Balaban J connectivity index is 3.53. The summed E-state index contributed by atoms with van der Waals surface area (Å²) in [7, 11) is -3.38. The molecule has 0 aliphatic carbocycles. The van der Waals surface area contributed by atoms with Gasteiger partial charge in [0.2, 0.25) is 15.8 Å². The summed E-state index contributed by atoms with van der Waals surface area (Å²) in [6.45, 7) is 1.37. The molecule has 10 heteroatoms. The van der Waals surface area contributed by atoms with Crippen LogP contribution in [0.4, 0.5) is 13.2 Å². The molecular formula is C8H9F3N2O4S. The van der Waals surface area contributed by atoms with E-state index in [0.717, 1.165) is 13.2 Å². The molecular weight excluding hydrogens is 277 g/mol. The number of sulfonamides is 1. The fourth-order valence-electron chi connectivity index (χ4n) is 1.16. The average molecular weight is 286 g/mol. The van der Waals surface area contributed by atoms with Crippen LogP contribution in [0.5, 0.6) is 11.6 Å². The van der Waals surface area contributed by atoms with Gasteiger partial charge in [-0.05, 0) is 13.0 Å². The lowest BCUT2D eigenvalue weighted by molar-refractivity contribution is -0.276. The molecule has 0 aliphatic heterocycles. The zero-order valence-corrected chi connectivity index (χ0v) is 10.1. The number of alkyl halides is 3. The predicted octanol–water partition coefficient (Wildman–Crippen LogP) is 0.945. The number of nitrogens with zero attached hydrogens (tertiary/aromatic N) is 1. The van der Waals surface area contributed by atoms with Gasteiger partial charge in [-0.15, -0.1) is 13.2 Å². The fraction of sp³-hybridized carbons (Fsp3) is 0.375. The van der Waals surface area contributed by atoms with E-state index in [0.29, 0.717) is 0 Å². The lowest BCUT2D eigenvalue weighted by Gasteiger charge is -2.15. The zero-order chi connectivity index (χ0) is 14.1. The number of nitrogens with two attached hydrogens (primary N) is 1. The molecule has 0 fully saturated rings. The highest BCUT2D eigenvalue weighted by atomic mass is 32.2. The molecule has 1 aromatic heterocycles. The molecule has 0 saturated carbocycles. The first-order valence-electron chi connectivity index (χ1n) is 4.39. The number of rotatable bonds is 3. The van der Waals surface area contributed by atoms with E-state index in [1.165, 1.54) is 6.92 Å². The van der Waals surface area contributed by atoms with E-state index in [9.17, 15) is 21.6 Å². The van der Waals surface area contributed by atoms with Gasteiger partial charge < -0.3 is 9.47 Å². The summed E-state index contributed by atoms with van der Waals surface area (Å²) in [6, 6.07) is 0.860. The number of hydrogen-bond donors (Lipinski definition) is 1. The Labute approximate surface area is 101 Å². The molecule has 2 N–H and O–H groups in total. The summed E-state index contributed by atoms with van der Waals surface area (Å²) in [5.41, 5.74) is 0.116. The van der Waals surface area contributed by atoms with Crippen molar-refractivity contribution >= 4 is 10.0 Å². The van der Waals surface area contributed by atoms with Crippen molar-refractivity contribution in [2.24, 2.45) is 5.14 Å². The molecule has 0 aliphatic rings. The van der Waals surface area contributed by atoms with Crippen molar-refractivity contribution in [1.82, 2.24) is 4.98 Å². The molecule has 0 radical (unpaired) electrons. The Morgan fingerprint density at radius 1 is 1.39 bits per heavy atom. The number of aryl methyl sites for hydroxylation is 1. The summed E-state index contributed by atoms with van der Waals surface area (Å²) in [5.74, 6) is -1.70. The molecule has 1 rings (SSSR count). The van der Waals surface area contributed by atoms with Gasteiger partial charge in [0.15, 0.2) is 0 Å². The Morgan fingerprint density at radius 3 is 2.33 bits per heavy atom. The topological polar surface area (TPSA) is 91.5 Å². The standard InChI is InChI=1S/C8H9F3N2O4S/c1-4-3-5(18(12,14)15)6(7(13-4)16-2)17-8(9,10)11/h3H,1-2H3,(H2,12,14,15). The maximum atomic E-state index is 12.2. The average Bonchev–Trinajstić information content (AvgIpc) is 2.16. The third-order valence-electron chi connectivity index (χ3n) is 1.75. The van der Waals surface area contributed by atoms with Crippen molar-refractivity contribution in [1.29, 1.82) is 0 Å². The van der Waals surface area contributed by atoms with Crippen molar-refractivity contribution in [3.05, 3.63) is 11.8 Å². The van der Waals surface area contributed by atoms with Crippen LogP contribution >= 0.6 is 0 Å². The molecule has 1 aromatic rings. The van der Waals surface area contributed by atoms with Crippen LogP contribution in [0.15, 0.2) is 11.0 Å². The van der Waals surface area contributed by atoms with Crippen LogP contribution in [0.25, 0.3) is 0 Å². The number of aromatic nitrogens is 1. The highest BCUT2D eigenvalue weighted by Gasteiger charge is 2.36. The van der Waals surface area contributed by atoms with Gasteiger partial charge in [-0.3, -0.25) is 0 Å². The van der Waals surface area contributed by atoms with Crippen molar-refractivity contribution < 1.29 is 31.1 Å². The van der Waals surface area contributed by atoms with Gasteiger partial charge in [0, 0.05) is 5.69 Å². The number of hydrogen-bond acceptors (Lipinski definition) is 5. The Kier molecular flexibility index (Phi) is 3.72. The van der Waals surface area contributed by atoms with E-state index in [1.807, 2.05) is 0 Å². The van der Waals surface area contributed by atoms with E-state index < -0.39 is 32.9 Å². The first kappa shape index (κ1) is 14.5. The zero-order valence-electron chi connectivity index (χ0n) is 9.28. The van der Waals surface area contributed by atoms with Crippen LogP contribution in [-0.2, 0) is 10.0 Å². The Bertz CT molecular complexity index is 556. The number of primary sulfonamides is 1. The first-order valence-corrected chi connectivity index (χ1v) is 5.93. The summed E-state index contributed by atoms with van der Waals surface area (Å²) in [4.78, 5) is 2.74. The number of pyridine rings is 1. The monoisotopic (exact) mass is 286 g/mol. The third kappa shape index (κ3) is 3.47. The number of ether oxygens (including phenoxy) is 2. The summed E-state index contributed by atoms with van der Waals surface area (Å²) >= 11 is 0. The molecule has 0 unspecified atom stereocenters. The smallest absolute Gasteiger partial charge is 0.478 e. The molecule has 102 valence electrons. The lowest BCUT2D eigenvalue weighted by atomic mass is 10.3. The highest BCUT2D eigenvalue weighted by Crippen LogP contribution is 2.36. The fourth-order valence-corrected chi connectivity index (χ4v) is 1.89. The van der Waals surface area contributed by atoms with Gasteiger partial charge in [-0.1, -0.05) is 0 Å². The number of halogens is 3. The number of methoxy groups -OCH3 is 1. The second-order valence-corrected chi connectivity index (χ2v) is 4.72. The van der Waals surface area contributed by atoms with Gasteiger partial charge in [0.25, 0.3) is 5.88 Å². The molecule has 1 heterocycles. The summed E-state index contributed by atoms with van der Waals surface area (Å²) < 4.78 is 67.1. The van der Waals surface area contributed by atoms with Crippen LogP contribution in [0.2, 0.25) is 0 Å². The van der Waals surface area contributed by atoms with Gasteiger partial charge in [0.1, 0.15) is 4.90 Å². The minimum atomic E-state index is -5.09. The predicted molar refractivity (Wildman–Crippen MR) is 53.6 cm³/mol. The molecule has 0 aromatic carbocycles. The normalized spacial score (nSPS) is 12.3. The van der Waals surface area contributed by atoms with Crippen LogP contribution in [0.3, 0.4) is 0 Å². The summed E-state index contributed by atoms with van der Waals surface area (Å²) in [5, 5.41) is 4.81. The minimum Gasteiger partial charge on any atom is -0.478 e. The molecule has 18 heavy (non-hydrogen) atoms. The molecule has 6 nitrogen and oxygen atoms in total. The quantitative estimate of drug-likeness (QED) is 0.893. The molecule has 0 saturated heterocycles. The first-order chi connectivity index (χ1) is 8.04. The Hall–Kier alpha value is -1.55. The van der Waals surface area contributed by atoms with Gasteiger partial charge in [-0.25, -0.2) is 18.5 Å². The van der Waals surface area contributed by atoms with E-state index >= 15 is 0 Å². The molecule has 0 spiro atoms. The van der Waals surface area contributed by atoms with Crippen molar-refractivity contribution in [2.45, 2.75) is 18.2 Å². The van der Waals surface area contributed by atoms with Crippen molar-refractivity contribution in [2.75, 3.05) is 7.11 Å². The maximum absolute atomic E-state index is 12.2. The van der Waals surface area contributed by atoms with E-state index in [4.69, 9.17) is 5.14 Å². The van der Waals surface area contributed by atoms with Crippen LogP contribution in [-0.4, -0.2) is 26.9 Å². The van der Waals surface area contributed by atoms with Crippen LogP contribution in [0.1, 0.15) is 5.69 Å². The second kappa shape index (κ2) is 4.61. The largest absolute Gasteiger partial charge is 0.573 e. The van der Waals surface area contributed by atoms with Crippen LogP contribution < -0.4 is 14.6 Å². The van der Waals surface area contributed by atoms with E-state index in [2.05, 4.69) is 14.5 Å². The minimum absolute atomic E-state index is 0.116. The SMILES string of the molecule is COc1nc(C)cc(S(N)(=O)=O)c1OC(F)(F)F. The summed E-state index contributed by atoms with van der Waals surface area (Å²) in [6.07, 6.45) is -5.09. The second-order valence-electron chi connectivity index (χ2n) is 3.19. The lowest BCUT2D eigenvalue weighted by Crippen LogP contribution is -2.22. The van der Waals surface area contributed by atoms with Gasteiger partial charge in [-0.2, -0.15) is 0 Å². The Morgan fingerprint density at radius 2 is 1.94 bits per heavy atom. The maximum Gasteiger partial charge on any atom is 0.573 e. The van der Waals surface area contributed by atoms with Crippen LogP contribution in [0, 0.1) is 6.92 Å². The molecule has 0 atom stereocenters. The van der Waals surface area contributed by atoms with Crippen molar-refractivity contribution in [3.63, 3.8) is 0 Å². The highest BCUT2D eigenvalue weighted by molar-refractivity contribution is 7.89. The van der Waals surface area contributed by atoms with Gasteiger partial charge >= 0.3 is 6.36 Å². The van der Waals surface area contributed by atoms with E-state index in [-0.39, 0.29) is 5.69 Å². The third-order valence-corrected chi connectivity index (χ3v) is 2.67. The molecule has 0 bridgehead atoms.